The van der Waals surface area contributed by atoms with Gasteiger partial charge in [0.05, 0.1) is 10.4 Å². The Kier molecular flexibility index (Phi) is 3.79. The number of thiazole rings is 1. The summed E-state index contributed by atoms with van der Waals surface area (Å²) in [7, 11) is -3.14. The molecule has 0 amide bonds. The van der Waals surface area contributed by atoms with Crippen LogP contribution in [0.4, 0.5) is 0 Å². The van der Waals surface area contributed by atoms with Crippen molar-refractivity contribution in [3.05, 3.63) is 46.4 Å². The Hall–Kier alpha value is -1.24. The molecule has 2 rings (SSSR count). The number of nitrogens with two attached hydrogens (primary N) is 1. The number of hydrogen-bond donors (Lipinski definition) is 1. The molecule has 0 fully saturated rings. The van der Waals surface area contributed by atoms with Gasteiger partial charge in [-0.15, -0.1) is 11.3 Å². The molecule has 96 valence electrons. The fourth-order valence-electron chi connectivity index (χ4n) is 1.64. The number of hydrogen-bond acceptors (Lipinski definition) is 5. The van der Waals surface area contributed by atoms with E-state index in [0.29, 0.717) is 11.3 Å². The first kappa shape index (κ1) is 13.2. The number of aromatic nitrogens is 1. The molecule has 0 spiro atoms. The molecule has 2 aromatic rings. The molecule has 0 aliphatic rings. The minimum Gasteiger partial charge on any atom is -0.324 e. The van der Waals surface area contributed by atoms with Crippen molar-refractivity contribution in [3.63, 3.8) is 0 Å². The molecule has 1 heterocycles. The van der Waals surface area contributed by atoms with Gasteiger partial charge in [-0.2, -0.15) is 0 Å². The second kappa shape index (κ2) is 5.17. The van der Waals surface area contributed by atoms with Crippen molar-refractivity contribution >= 4 is 21.2 Å². The number of nitrogens with zero attached hydrogens (tertiary/aromatic N) is 1. The van der Waals surface area contributed by atoms with Crippen LogP contribution in [-0.4, -0.2) is 19.7 Å². The smallest absolute Gasteiger partial charge is 0.175 e. The molecule has 0 aliphatic heterocycles. The van der Waals surface area contributed by atoms with Gasteiger partial charge in [-0.05, 0) is 17.7 Å². The molecule has 0 bridgehead atoms. The quantitative estimate of drug-likeness (QED) is 0.928. The van der Waals surface area contributed by atoms with Gasteiger partial charge >= 0.3 is 0 Å². The molecule has 1 unspecified atom stereocenters. The van der Waals surface area contributed by atoms with Crippen molar-refractivity contribution in [3.8, 4) is 0 Å². The minimum absolute atomic E-state index is 0.140. The van der Waals surface area contributed by atoms with E-state index in [2.05, 4.69) is 4.98 Å². The Morgan fingerprint density at radius 1 is 1.33 bits per heavy atom. The number of rotatable bonds is 4. The lowest BCUT2D eigenvalue weighted by molar-refractivity contribution is 0.601. The molecule has 0 aliphatic carbocycles. The van der Waals surface area contributed by atoms with Gasteiger partial charge in [-0.1, -0.05) is 12.1 Å². The normalized spacial score (nSPS) is 13.4. The van der Waals surface area contributed by atoms with E-state index in [9.17, 15) is 8.42 Å². The van der Waals surface area contributed by atoms with E-state index in [1.165, 1.54) is 6.26 Å². The highest BCUT2D eigenvalue weighted by atomic mass is 32.2. The Morgan fingerprint density at radius 2 is 2.00 bits per heavy atom. The summed E-state index contributed by atoms with van der Waals surface area (Å²) in [5.41, 5.74) is 8.77. The van der Waals surface area contributed by atoms with Crippen LogP contribution in [0.25, 0.3) is 0 Å². The van der Waals surface area contributed by atoms with E-state index >= 15 is 0 Å². The minimum atomic E-state index is -3.14. The van der Waals surface area contributed by atoms with Gasteiger partial charge in [0.1, 0.15) is 0 Å². The van der Waals surface area contributed by atoms with Crippen molar-refractivity contribution in [2.24, 2.45) is 5.73 Å². The molecular weight excluding hydrogens is 268 g/mol. The lowest BCUT2D eigenvalue weighted by Crippen LogP contribution is -2.12. The largest absolute Gasteiger partial charge is 0.324 e. The van der Waals surface area contributed by atoms with Gasteiger partial charge in [0.2, 0.25) is 0 Å². The molecule has 1 aromatic carbocycles. The number of benzene rings is 1. The van der Waals surface area contributed by atoms with E-state index in [1.54, 1.807) is 47.3 Å². The van der Waals surface area contributed by atoms with Crippen molar-refractivity contribution in [2.45, 2.75) is 17.4 Å². The van der Waals surface area contributed by atoms with Gasteiger partial charge < -0.3 is 5.73 Å². The molecule has 2 N–H and O–H groups in total. The van der Waals surface area contributed by atoms with Crippen LogP contribution in [0.5, 0.6) is 0 Å². The van der Waals surface area contributed by atoms with Crippen molar-refractivity contribution in [1.82, 2.24) is 4.98 Å². The van der Waals surface area contributed by atoms with E-state index in [0.717, 1.165) is 10.4 Å². The van der Waals surface area contributed by atoms with E-state index in [4.69, 9.17) is 5.73 Å². The van der Waals surface area contributed by atoms with Crippen molar-refractivity contribution in [1.29, 1.82) is 0 Å². The van der Waals surface area contributed by atoms with E-state index < -0.39 is 9.84 Å². The van der Waals surface area contributed by atoms with Crippen LogP contribution in [0.2, 0.25) is 0 Å². The predicted octanol–water partition coefficient (Wildman–Crippen LogP) is 1.79. The maximum Gasteiger partial charge on any atom is 0.175 e. The van der Waals surface area contributed by atoms with Crippen LogP contribution in [0, 0.1) is 0 Å². The molecule has 1 atom stereocenters. The Bertz CT molecular complexity index is 604. The highest BCUT2D eigenvalue weighted by Gasteiger charge is 2.11. The Morgan fingerprint density at radius 3 is 2.50 bits per heavy atom. The summed E-state index contributed by atoms with van der Waals surface area (Å²) in [6, 6.07) is 6.58. The Balaban J connectivity index is 2.14. The zero-order valence-corrected chi connectivity index (χ0v) is 11.5. The molecule has 4 nitrogen and oxygen atoms in total. The van der Waals surface area contributed by atoms with Gasteiger partial charge in [-0.25, -0.2) is 8.42 Å². The third-order valence-corrected chi connectivity index (χ3v) is 4.57. The fraction of sp³-hybridized carbons (Fsp3) is 0.250. The summed E-state index contributed by atoms with van der Waals surface area (Å²) >= 11 is 1.57. The molecule has 1 aromatic heterocycles. The fourth-order valence-corrected chi connectivity index (χ4v) is 2.92. The average Bonchev–Trinajstić information content (AvgIpc) is 2.81. The van der Waals surface area contributed by atoms with E-state index in [1.807, 2.05) is 0 Å². The summed E-state index contributed by atoms with van der Waals surface area (Å²) in [5.74, 6) is 0. The topological polar surface area (TPSA) is 73.0 Å². The standard InChI is InChI=1S/C12H14N2O2S2/c1-18(15,16)11-4-2-9(3-5-11)12(13)6-10-7-14-8-17-10/h2-5,7-8,12H,6,13H2,1H3. The maximum absolute atomic E-state index is 11.3. The number of sulfone groups is 1. The van der Waals surface area contributed by atoms with Gasteiger partial charge in [0.15, 0.2) is 9.84 Å². The molecule has 6 heteroatoms. The second-order valence-electron chi connectivity index (χ2n) is 4.12. The monoisotopic (exact) mass is 282 g/mol. The molecule has 0 radical (unpaired) electrons. The van der Waals surface area contributed by atoms with Gasteiger partial charge in [-0.3, -0.25) is 4.98 Å². The van der Waals surface area contributed by atoms with Crippen LogP contribution in [0.15, 0.2) is 40.9 Å². The first-order chi connectivity index (χ1) is 8.47. The zero-order valence-electron chi connectivity index (χ0n) is 9.91. The molecular formula is C12H14N2O2S2. The van der Waals surface area contributed by atoms with Crippen LogP contribution in [0.3, 0.4) is 0 Å². The van der Waals surface area contributed by atoms with Gasteiger partial charge in [0, 0.05) is 29.8 Å². The summed E-state index contributed by atoms with van der Waals surface area (Å²) in [5, 5.41) is 0. The Labute approximate surface area is 110 Å². The summed E-state index contributed by atoms with van der Waals surface area (Å²) in [6.45, 7) is 0. The van der Waals surface area contributed by atoms with Crippen LogP contribution < -0.4 is 5.73 Å². The summed E-state index contributed by atoms with van der Waals surface area (Å²) in [6.07, 6.45) is 3.71. The lowest BCUT2D eigenvalue weighted by atomic mass is 10.0. The van der Waals surface area contributed by atoms with Crippen LogP contribution in [0.1, 0.15) is 16.5 Å². The van der Waals surface area contributed by atoms with Crippen LogP contribution >= 0.6 is 11.3 Å². The predicted molar refractivity (Wildman–Crippen MR) is 72.3 cm³/mol. The molecule has 0 saturated carbocycles. The first-order valence-corrected chi connectivity index (χ1v) is 8.17. The summed E-state index contributed by atoms with van der Waals surface area (Å²) < 4.78 is 22.7. The summed E-state index contributed by atoms with van der Waals surface area (Å²) in [4.78, 5) is 5.44. The second-order valence-corrected chi connectivity index (χ2v) is 7.11. The SMILES string of the molecule is CS(=O)(=O)c1ccc(C(N)Cc2cncs2)cc1. The van der Waals surface area contributed by atoms with E-state index in [-0.39, 0.29) is 6.04 Å². The third-order valence-electron chi connectivity index (χ3n) is 2.64. The molecule has 18 heavy (non-hydrogen) atoms. The molecule has 0 saturated heterocycles. The van der Waals surface area contributed by atoms with Crippen molar-refractivity contribution < 1.29 is 8.42 Å². The third kappa shape index (κ3) is 3.16. The van der Waals surface area contributed by atoms with Crippen LogP contribution in [-0.2, 0) is 16.3 Å². The first-order valence-electron chi connectivity index (χ1n) is 5.40. The van der Waals surface area contributed by atoms with Crippen molar-refractivity contribution in [2.75, 3.05) is 6.26 Å². The maximum atomic E-state index is 11.3. The van der Waals surface area contributed by atoms with Gasteiger partial charge in [0.25, 0.3) is 0 Å². The highest BCUT2D eigenvalue weighted by molar-refractivity contribution is 7.90. The average molecular weight is 282 g/mol. The zero-order chi connectivity index (χ0) is 13.2. The lowest BCUT2D eigenvalue weighted by Gasteiger charge is -2.11. The highest BCUT2D eigenvalue weighted by Crippen LogP contribution is 2.20.